The quantitative estimate of drug-likeness (QED) is 0.664. The van der Waals surface area contributed by atoms with Crippen LogP contribution in [0.15, 0.2) is 35.3 Å². The zero-order chi connectivity index (χ0) is 14.1. The van der Waals surface area contributed by atoms with Gasteiger partial charge in [0.05, 0.1) is 6.04 Å². The Morgan fingerprint density at radius 2 is 1.53 bits per heavy atom. The second kappa shape index (κ2) is 5.11. The first-order valence-corrected chi connectivity index (χ1v) is 7.39. The van der Waals surface area contributed by atoms with Crippen LogP contribution in [0.5, 0.6) is 0 Å². The molecule has 1 aromatic rings. The van der Waals surface area contributed by atoms with Gasteiger partial charge in [-0.3, -0.25) is 4.99 Å². The first-order chi connectivity index (χ1) is 8.81. The third-order valence-corrected chi connectivity index (χ3v) is 5.10. The largest absolute Gasteiger partial charge is 0.289 e. The SMILES string of the molecule is CC1C(C)(C)CC(N=Cc2ccccc2)CC1(C)C. The minimum atomic E-state index is 0.375. The summed E-state index contributed by atoms with van der Waals surface area (Å²) >= 11 is 0. The lowest BCUT2D eigenvalue weighted by Crippen LogP contribution is -2.43. The third kappa shape index (κ3) is 3.26. The summed E-state index contributed by atoms with van der Waals surface area (Å²) in [6.07, 6.45) is 4.44. The van der Waals surface area contributed by atoms with Crippen molar-refractivity contribution in [2.24, 2.45) is 21.7 Å². The van der Waals surface area contributed by atoms with Crippen LogP contribution in [0.4, 0.5) is 0 Å². The third-order valence-electron chi connectivity index (χ3n) is 5.10. The van der Waals surface area contributed by atoms with Gasteiger partial charge in [0.15, 0.2) is 0 Å². The lowest BCUT2D eigenvalue weighted by Gasteiger charge is -2.50. The Balaban J connectivity index is 2.12. The van der Waals surface area contributed by atoms with Gasteiger partial charge in [0.25, 0.3) is 0 Å². The standard InChI is InChI=1S/C18H27N/c1-14-17(2,3)11-16(12-18(14,4)5)19-13-15-9-7-6-8-10-15/h6-10,13-14,16H,11-12H2,1-5H3. The molecule has 0 saturated heterocycles. The van der Waals surface area contributed by atoms with Crippen molar-refractivity contribution in [3.05, 3.63) is 35.9 Å². The molecular formula is C18H27N. The van der Waals surface area contributed by atoms with Crippen molar-refractivity contribution >= 4 is 6.21 Å². The summed E-state index contributed by atoms with van der Waals surface area (Å²) in [5.74, 6) is 0.739. The molecule has 1 aliphatic carbocycles. The highest BCUT2D eigenvalue weighted by molar-refractivity contribution is 5.79. The molecule has 0 unspecified atom stereocenters. The molecule has 1 nitrogen and oxygen atoms in total. The lowest BCUT2D eigenvalue weighted by atomic mass is 9.57. The van der Waals surface area contributed by atoms with Gasteiger partial charge in [0, 0.05) is 6.21 Å². The Labute approximate surface area is 118 Å². The zero-order valence-electron chi connectivity index (χ0n) is 13.0. The van der Waals surface area contributed by atoms with E-state index in [1.54, 1.807) is 0 Å². The van der Waals surface area contributed by atoms with E-state index in [9.17, 15) is 0 Å². The fourth-order valence-corrected chi connectivity index (χ4v) is 3.53. The Morgan fingerprint density at radius 1 is 1.00 bits per heavy atom. The van der Waals surface area contributed by atoms with Crippen LogP contribution < -0.4 is 0 Å². The van der Waals surface area contributed by atoms with Crippen LogP contribution in [0.1, 0.15) is 53.0 Å². The summed E-state index contributed by atoms with van der Waals surface area (Å²) in [7, 11) is 0. The fourth-order valence-electron chi connectivity index (χ4n) is 3.53. The lowest BCUT2D eigenvalue weighted by molar-refractivity contribution is 0.0174. The van der Waals surface area contributed by atoms with E-state index in [0.717, 1.165) is 5.92 Å². The van der Waals surface area contributed by atoms with Gasteiger partial charge in [-0.25, -0.2) is 0 Å². The van der Waals surface area contributed by atoms with E-state index in [1.807, 2.05) is 12.3 Å². The first kappa shape index (κ1) is 14.3. The number of nitrogens with zero attached hydrogens (tertiary/aromatic N) is 1. The predicted molar refractivity (Wildman–Crippen MR) is 83.8 cm³/mol. The van der Waals surface area contributed by atoms with E-state index < -0.39 is 0 Å². The Morgan fingerprint density at radius 3 is 2.05 bits per heavy atom. The molecule has 0 amide bonds. The van der Waals surface area contributed by atoms with Crippen molar-refractivity contribution in [3.63, 3.8) is 0 Å². The normalized spacial score (nSPS) is 29.5. The number of hydrogen-bond donors (Lipinski definition) is 0. The van der Waals surface area contributed by atoms with E-state index >= 15 is 0 Å². The molecule has 0 heterocycles. The molecule has 0 aromatic heterocycles. The van der Waals surface area contributed by atoms with Crippen LogP contribution in [0, 0.1) is 16.7 Å². The van der Waals surface area contributed by atoms with E-state index in [0.29, 0.717) is 16.9 Å². The summed E-state index contributed by atoms with van der Waals surface area (Å²) < 4.78 is 0. The highest BCUT2D eigenvalue weighted by atomic mass is 14.8. The Hall–Kier alpha value is -1.11. The van der Waals surface area contributed by atoms with Gasteiger partial charge in [0.2, 0.25) is 0 Å². The van der Waals surface area contributed by atoms with Gasteiger partial charge in [-0.05, 0) is 35.2 Å². The summed E-state index contributed by atoms with van der Waals surface area (Å²) in [5, 5.41) is 0. The molecule has 1 heteroatoms. The topological polar surface area (TPSA) is 12.4 Å². The van der Waals surface area contributed by atoms with Crippen LogP contribution >= 0.6 is 0 Å². The van der Waals surface area contributed by atoms with Gasteiger partial charge >= 0.3 is 0 Å². The predicted octanol–water partition coefficient (Wildman–Crippen LogP) is 4.96. The second-order valence-electron chi connectivity index (χ2n) is 7.45. The smallest absolute Gasteiger partial charge is 0.0510 e. The van der Waals surface area contributed by atoms with Gasteiger partial charge in [-0.2, -0.15) is 0 Å². The summed E-state index contributed by atoms with van der Waals surface area (Å²) in [5.41, 5.74) is 1.96. The van der Waals surface area contributed by atoms with Gasteiger partial charge in [0.1, 0.15) is 0 Å². The monoisotopic (exact) mass is 257 g/mol. The Bertz CT molecular complexity index is 424. The van der Waals surface area contributed by atoms with Crippen molar-refractivity contribution in [2.45, 2.75) is 53.5 Å². The molecule has 1 aromatic carbocycles. The van der Waals surface area contributed by atoms with Crippen molar-refractivity contribution in [1.29, 1.82) is 0 Å². The second-order valence-corrected chi connectivity index (χ2v) is 7.45. The van der Waals surface area contributed by atoms with Gasteiger partial charge in [-0.15, -0.1) is 0 Å². The van der Waals surface area contributed by atoms with Crippen molar-refractivity contribution in [1.82, 2.24) is 0 Å². The summed E-state index contributed by atoms with van der Waals surface area (Å²) in [6.45, 7) is 12.0. The number of rotatable bonds is 2. The Kier molecular flexibility index (Phi) is 3.85. The molecule has 0 radical (unpaired) electrons. The van der Waals surface area contributed by atoms with Crippen LogP contribution in [0.25, 0.3) is 0 Å². The number of aliphatic imine (C=N–C) groups is 1. The molecule has 1 aliphatic rings. The molecule has 1 fully saturated rings. The maximum absolute atomic E-state index is 4.85. The molecule has 0 spiro atoms. The molecule has 0 atom stereocenters. The van der Waals surface area contributed by atoms with Crippen molar-refractivity contribution < 1.29 is 0 Å². The maximum Gasteiger partial charge on any atom is 0.0510 e. The molecule has 19 heavy (non-hydrogen) atoms. The fraction of sp³-hybridized carbons (Fsp3) is 0.611. The summed E-state index contributed by atoms with van der Waals surface area (Å²) in [6, 6.07) is 10.9. The molecule has 104 valence electrons. The van der Waals surface area contributed by atoms with Crippen molar-refractivity contribution in [2.75, 3.05) is 0 Å². The van der Waals surface area contributed by atoms with E-state index in [2.05, 4.69) is 58.9 Å². The highest BCUT2D eigenvalue weighted by Crippen LogP contribution is 2.51. The van der Waals surface area contributed by atoms with Gasteiger partial charge < -0.3 is 0 Å². The van der Waals surface area contributed by atoms with E-state index in [-0.39, 0.29) is 0 Å². The van der Waals surface area contributed by atoms with E-state index in [1.165, 1.54) is 18.4 Å². The first-order valence-electron chi connectivity index (χ1n) is 7.39. The van der Waals surface area contributed by atoms with Crippen molar-refractivity contribution in [3.8, 4) is 0 Å². The van der Waals surface area contributed by atoms with Crippen LogP contribution in [-0.2, 0) is 0 Å². The average molecular weight is 257 g/mol. The maximum atomic E-state index is 4.85. The minimum Gasteiger partial charge on any atom is -0.289 e. The number of benzene rings is 1. The molecule has 0 N–H and O–H groups in total. The van der Waals surface area contributed by atoms with Crippen LogP contribution in [-0.4, -0.2) is 12.3 Å². The minimum absolute atomic E-state index is 0.375. The summed E-state index contributed by atoms with van der Waals surface area (Å²) in [4.78, 5) is 4.85. The van der Waals surface area contributed by atoms with Gasteiger partial charge in [-0.1, -0.05) is 65.0 Å². The molecule has 2 rings (SSSR count). The molecular weight excluding hydrogens is 230 g/mol. The highest BCUT2D eigenvalue weighted by Gasteiger charge is 2.44. The molecule has 0 aliphatic heterocycles. The zero-order valence-corrected chi connectivity index (χ0v) is 13.0. The molecule has 0 bridgehead atoms. The van der Waals surface area contributed by atoms with Crippen LogP contribution in [0.3, 0.4) is 0 Å². The number of hydrogen-bond acceptors (Lipinski definition) is 1. The molecule has 1 saturated carbocycles. The average Bonchev–Trinajstić information content (AvgIpc) is 2.34. The van der Waals surface area contributed by atoms with E-state index in [4.69, 9.17) is 4.99 Å². The van der Waals surface area contributed by atoms with Crippen LogP contribution in [0.2, 0.25) is 0 Å².